The van der Waals surface area contributed by atoms with Crippen molar-refractivity contribution in [1.82, 2.24) is 5.48 Å². The molecule has 0 spiro atoms. The van der Waals surface area contributed by atoms with Crippen molar-refractivity contribution in [2.45, 2.75) is 0 Å². The van der Waals surface area contributed by atoms with Gasteiger partial charge >= 0.3 is 5.97 Å². The summed E-state index contributed by atoms with van der Waals surface area (Å²) in [4.78, 5) is 9.56. The highest BCUT2D eigenvalue weighted by atomic mass is 35.5. The molecule has 0 amide bonds. The Hall–Kier alpha value is -0.320. The minimum absolute atomic E-state index is 0.288. The second-order valence-electron chi connectivity index (χ2n) is 0.792. The SMILES string of the molecule is O=C(O)CNOCl. The van der Waals surface area contributed by atoms with Gasteiger partial charge in [0.1, 0.15) is 6.54 Å². The van der Waals surface area contributed by atoms with Crippen LogP contribution in [0.15, 0.2) is 0 Å². The molecule has 0 aromatic rings. The molecular formula is C2H4ClNO3. The molecule has 0 atom stereocenters. The summed E-state index contributed by atoms with van der Waals surface area (Å²) in [5.41, 5.74) is 1.91. The van der Waals surface area contributed by atoms with E-state index >= 15 is 0 Å². The second kappa shape index (κ2) is 3.86. The third kappa shape index (κ3) is 5.68. The highest BCUT2D eigenvalue weighted by molar-refractivity contribution is 6.07. The molecule has 4 nitrogen and oxygen atoms in total. The van der Waals surface area contributed by atoms with Crippen molar-refractivity contribution in [3.05, 3.63) is 0 Å². The zero-order valence-corrected chi connectivity index (χ0v) is 4.10. The average molecular weight is 126 g/mol. The molecule has 0 rings (SSSR count). The number of hydroxylamine groups is 1. The topological polar surface area (TPSA) is 58.6 Å². The Labute approximate surface area is 45.2 Å². The van der Waals surface area contributed by atoms with Gasteiger partial charge in [-0.15, -0.1) is 0 Å². The number of carboxylic acid groups (broad SMARTS) is 1. The van der Waals surface area contributed by atoms with Gasteiger partial charge < -0.3 is 5.11 Å². The van der Waals surface area contributed by atoms with Gasteiger partial charge in [0, 0.05) is 0 Å². The smallest absolute Gasteiger partial charge is 0.319 e. The van der Waals surface area contributed by atoms with Gasteiger partial charge in [0.05, 0.1) is 11.9 Å². The summed E-state index contributed by atoms with van der Waals surface area (Å²) >= 11 is 4.57. The van der Waals surface area contributed by atoms with Crippen molar-refractivity contribution in [3.8, 4) is 0 Å². The normalized spacial score (nSPS) is 8.71. The number of hydrogen-bond acceptors (Lipinski definition) is 3. The number of nitrogens with one attached hydrogen (secondary N) is 1. The molecule has 0 aliphatic heterocycles. The summed E-state index contributed by atoms with van der Waals surface area (Å²) in [5, 5.41) is 7.84. The fraction of sp³-hybridized carbons (Fsp3) is 0.500. The number of hydrogen-bond donors (Lipinski definition) is 2. The van der Waals surface area contributed by atoms with Crippen molar-refractivity contribution in [1.29, 1.82) is 0 Å². The molecule has 2 N–H and O–H groups in total. The Kier molecular flexibility index (Phi) is 3.68. The first-order chi connectivity index (χ1) is 3.27. The zero-order valence-electron chi connectivity index (χ0n) is 3.35. The Balaban J connectivity index is 2.82. The maximum absolute atomic E-state index is 9.56. The minimum Gasteiger partial charge on any atom is -0.480 e. The predicted octanol–water partition coefficient (Wildman–Crippen LogP) is -0.254. The van der Waals surface area contributed by atoms with E-state index < -0.39 is 5.97 Å². The van der Waals surface area contributed by atoms with E-state index in [1.807, 2.05) is 5.48 Å². The van der Waals surface area contributed by atoms with Crippen molar-refractivity contribution in [3.63, 3.8) is 0 Å². The molecule has 0 heterocycles. The number of rotatable bonds is 3. The van der Waals surface area contributed by atoms with Crippen LogP contribution in [0.25, 0.3) is 0 Å². The van der Waals surface area contributed by atoms with E-state index in [1.54, 1.807) is 0 Å². The number of carbonyl (C=O) groups is 1. The molecule has 0 saturated heterocycles. The molecule has 0 saturated carbocycles. The Bertz CT molecular complexity index is 66.0. The standard InChI is InChI=1S/C2H4ClNO3/c3-7-4-1-2(5)6/h4H,1H2,(H,5,6). The fourth-order valence-electron chi connectivity index (χ4n) is 0.0890. The molecule has 0 radical (unpaired) electrons. The van der Waals surface area contributed by atoms with Gasteiger partial charge in [0.25, 0.3) is 0 Å². The van der Waals surface area contributed by atoms with E-state index in [2.05, 4.69) is 16.3 Å². The van der Waals surface area contributed by atoms with Gasteiger partial charge in [-0.05, 0) is 0 Å². The van der Waals surface area contributed by atoms with Crippen LogP contribution < -0.4 is 5.48 Å². The number of halogens is 1. The molecule has 42 valence electrons. The molecule has 0 aromatic carbocycles. The highest BCUT2D eigenvalue weighted by Crippen LogP contribution is 1.67. The Morgan fingerprint density at radius 1 is 2.00 bits per heavy atom. The van der Waals surface area contributed by atoms with Crippen molar-refractivity contribution >= 4 is 17.8 Å². The monoisotopic (exact) mass is 125 g/mol. The lowest BCUT2D eigenvalue weighted by Gasteiger charge is -1.88. The van der Waals surface area contributed by atoms with Crippen LogP contribution in [0.3, 0.4) is 0 Å². The Morgan fingerprint density at radius 2 is 2.57 bits per heavy atom. The van der Waals surface area contributed by atoms with E-state index in [4.69, 9.17) is 5.11 Å². The minimum atomic E-state index is -1.01. The highest BCUT2D eigenvalue weighted by Gasteiger charge is 1.90. The molecule has 7 heavy (non-hydrogen) atoms. The largest absolute Gasteiger partial charge is 0.480 e. The number of aliphatic carboxylic acids is 1. The van der Waals surface area contributed by atoms with E-state index in [0.717, 1.165) is 0 Å². The maximum atomic E-state index is 9.56. The lowest BCUT2D eigenvalue weighted by molar-refractivity contribution is -0.137. The molecule has 0 aliphatic carbocycles. The van der Waals surface area contributed by atoms with Crippen LogP contribution in [-0.4, -0.2) is 17.6 Å². The van der Waals surface area contributed by atoms with E-state index in [0.29, 0.717) is 0 Å². The van der Waals surface area contributed by atoms with Gasteiger partial charge in [-0.3, -0.25) is 4.79 Å². The first-order valence-corrected chi connectivity index (χ1v) is 1.80. The van der Waals surface area contributed by atoms with E-state index in [-0.39, 0.29) is 6.54 Å². The summed E-state index contributed by atoms with van der Waals surface area (Å²) < 4.78 is 3.69. The number of carboxylic acids is 1. The van der Waals surface area contributed by atoms with Gasteiger partial charge in [0.2, 0.25) is 0 Å². The van der Waals surface area contributed by atoms with Crippen LogP contribution in [0.2, 0.25) is 0 Å². The predicted molar refractivity (Wildman–Crippen MR) is 22.6 cm³/mol. The summed E-state index contributed by atoms with van der Waals surface area (Å²) in [7, 11) is 0. The Morgan fingerprint density at radius 3 is 2.71 bits per heavy atom. The lowest BCUT2D eigenvalue weighted by Crippen LogP contribution is -2.18. The van der Waals surface area contributed by atoms with Crippen LogP contribution in [-0.2, 0) is 9.18 Å². The average Bonchev–Trinajstić information content (AvgIpc) is 1.61. The van der Waals surface area contributed by atoms with Gasteiger partial charge in [-0.1, -0.05) is 0 Å². The first kappa shape index (κ1) is 6.68. The van der Waals surface area contributed by atoms with E-state index in [1.165, 1.54) is 0 Å². The quantitative estimate of drug-likeness (QED) is 0.511. The molecule has 0 aliphatic rings. The second-order valence-corrected chi connectivity index (χ2v) is 0.946. The van der Waals surface area contributed by atoms with Crippen molar-refractivity contribution in [2.75, 3.05) is 6.54 Å². The van der Waals surface area contributed by atoms with Crippen LogP contribution in [0.5, 0.6) is 0 Å². The molecule has 5 heteroatoms. The molecule has 0 bridgehead atoms. The first-order valence-electron chi connectivity index (χ1n) is 1.49. The summed E-state index contributed by atoms with van der Waals surface area (Å²) in [5.74, 6) is -1.01. The van der Waals surface area contributed by atoms with Crippen molar-refractivity contribution < 1.29 is 14.3 Å². The van der Waals surface area contributed by atoms with Crippen LogP contribution in [0.1, 0.15) is 0 Å². The maximum Gasteiger partial charge on any atom is 0.319 e. The van der Waals surface area contributed by atoms with Gasteiger partial charge in [0.15, 0.2) is 0 Å². The third-order valence-electron chi connectivity index (χ3n) is 0.278. The molecule has 0 fully saturated rings. The van der Waals surface area contributed by atoms with Crippen LogP contribution in [0, 0.1) is 0 Å². The molecular weight excluding hydrogens is 121 g/mol. The molecule has 0 aromatic heterocycles. The summed E-state index contributed by atoms with van der Waals surface area (Å²) in [6.07, 6.45) is 0. The van der Waals surface area contributed by atoms with Crippen LogP contribution >= 0.6 is 11.9 Å². The lowest BCUT2D eigenvalue weighted by atomic mass is 10.7. The van der Waals surface area contributed by atoms with E-state index in [9.17, 15) is 4.79 Å². The summed E-state index contributed by atoms with van der Waals surface area (Å²) in [6.45, 7) is -0.288. The summed E-state index contributed by atoms with van der Waals surface area (Å²) in [6, 6.07) is 0. The van der Waals surface area contributed by atoms with Gasteiger partial charge in [-0.25, -0.2) is 0 Å². The third-order valence-corrected chi connectivity index (χ3v) is 0.387. The van der Waals surface area contributed by atoms with Crippen LogP contribution in [0.4, 0.5) is 0 Å². The zero-order chi connectivity index (χ0) is 5.70. The van der Waals surface area contributed by atoms with Crippen molar-refractivity contribution in [2.24, 2.45) is 0 Å². The fourth-order valence-corrected chi connectivity index (χ4v) is 0.144. The molecule has 0 unspecified atom stereocenters. The van der Waals surface area contributed by atoms with Gasteiger partial charge in [-0.2, -0.15) is 9.87 Å².